The van der Waals surface area contributed by atoms with E-state index in [-0.39, 0.29) is 5.91 Å². The van der Waals surface area contributed by atoms with E-state index in [0.29, 0.717) is 17.9 Å². The molecule has 0 radical (unpaired) electrons. The van der Waals surface area contributed by atoms with Crippen LogP contribution in [0.5, 0.6) is 0 Å². The van der Waals surface area contributed by atoms with Crippen molar-refractivity contribution in [1.29, 1.82) is 0 Å². The number of hydrogen-bond donors (Lipinski definition) is 3. The van der Waals surface area contributed by atoms with Gasteiger partial charge < -0.3 is 10.6 Å². The van der Waals surface area contributed by atoms with Crippen LogP contribution < -0.4 is 10.6 Å². The number of rotatable bonds is 7. The number of H-pyrrole nitrogens is 1. The fraction of sp³-hybridized carbons (Fsp3) is 0.143. The first-order chi connectivity index (χ1) is 17.5. The Labute approximate surface area is 209 Å². The zero-order valence-electron chi connectivity index (χ0n) is 20.4. The van der Waals surface area contributed by atoms with Crippen LogP contribution in [0.3, 0.4) is 0 Å². The average Bonchev–Trinajstić information content (AvgIpc) is 3.45. The van der Waals surface area contributed by atoms with Gasteiger partial charge in [0.05, 0.1) is 22.6 Å². The number of aryl methyl sites for hydroxylation is 3. The molecule has 0 aliphatic carbocycles. The second-order valence-corrected chi connectivity index (χ2v) is 8.55. The minimum absolute atomic E-state index is 0.185. The van der Waals surface area contributed by atoms with Crippen LogP contribution >= 0.6 is 0 Å². The monoisotopic (exact) mass is 477 g/mol. The quantitative estimate of drug-likeness (QED) is 0.269. The summed E-state index contributed by atoms with van der Waals surface area (Å²) in [7, 11) is 0. The Kier molecular flexibility index (Phi) is 6.32. The Morgan fingerprint density at radius 1 is 0.944 bits per heavy atom. The van der Waals surface area contributed by atoms with Crippen molar-refractivity contribution in [3.05, 3.63) is 95.2 Å². The van der Waals surface area contributed by atoms with Gasteiger partial charge in [-0.15, -0.1) is 0 Å². The van der Waals surface area contributed by atoms with E-state index >= 15 is 0 Å². The minimum atomic E-state index is -0.185. The van der Waals surface area contributed by atoms with E-state index < -0.39 is 0 Å². The summed E-state index contributed by atoms with van der Waals surface area (Å²) in [5.41, 5.74) is 7.47. The summed E-state index contributed by atoms with van der Waals surface area (Å²) in [6, 6.07) is 21.4. The summed E-state index contributed by atoms with van der Waals surface area (Å²) in [5, 5.41) is 19.3. The molecule has 0 unspecified atom stereocenters. The molecule has 2 aromatic carbocycles. The Morgan fingerprint density at radius 2 is 1.75 bits per heavy atom. The van der Waals surface area contributed by atoms with Crippen molar-refractivity contribution in [2.24, 2.45) is 0 Å². The van der Waals surface area contributed by atoms with E-state index in [1.165, 1.54) is 0 Å². The zero-order chi connectivity index (χ0) is 25.1. The largest absolute Gasteiger partial charge is 0.355 e. The molecule has 0 bridgehead atoms. The van der Waals surface area contributed by atoms with Crippen LogP contribution in [0.2, 0.25) is 0 Å². The lowest BCUT2D eigenvalue weighted by atomic mass is 10.1. The number of aromatic amines is 1. The highest BCUT2D eigenvalue weighted by atomic mass is 16.2. The molecule has 1 amide bonds. The van der Waals surface area contributed by atoms with Crippen LogP contribution in [0.1, 0.15) is 40.2 Å². The smallest absolute Gasteiger partial charge is 0.273 e. The average molecular weight is 478 g/mol. The van der Waals surface area contributed by atoms with Crippen molar-refractivity contribution in [3.8, 4) is 0 Å². The first-order valence-corrected chi connectivity index (χ1v) is 11.8. The van der Waals surface area contributed by atoms with Crippen LogP contribution in [-0.2, 0) is 6.54 Å². The predicted octanol–water partition coefficient (Wildman–Crippen LogP) is 5.96. The summed E-state index contributed by atoms with van der Waals surface area (Å²) in [4.78, 5) is 17.3. The van der Waals surface area contributed by atoms with Gasteiger partial charge in [-0.25, -0.2) is 0 Å². The van der Waals surface area contributed by atoms with Crippen LogP contribution in [-0.4, -0.2) is 30.9 Å². The molecule has 0 saturated heterocycles. The Balaban J connectivity index is 1.30. The van der Waals surface area contributed by atoms with Crippen molar-refractivity contribution in [2.45, 2.75) is 27.3 Å². The number of hydrogen-bond acceptors (Lipinski definition) is 5. The Bertz CT molecular complexity index is 1580. The molecule has 0 aliphatic rings. The number of nitrogens with zero attached hydrogens (tertiary/aromatic N) is 4. The summed E-state index contributed by atoms with van der Waals surface area (Å²) in [6.07, 6.45) is 3.93. The first-order valence-electron chi connectivity index (χ1n) is 11.8. The molecule has 0 atom stereocenters. The number of carbonyl (C=O) groups is 1. The lowest BCUT2D eigenvalue weighted by molar-refractivity contribution is 0.101. The van der Waals surface area contributed by atoms with E-state index in [4.69, 9.17) is 0 Å². The van der Waals surface area contributed by atoms with Gasteiger partial charge in [-0.05, 0) is 87.5 Å². The van der Waals surface area contributed by atoms with Crippen molar-refractivity contribution in [2.75, 3.05) is 10.6 Å². The van der Waals surface area contributed by atoms with Gasteiger partial charge in [0, 0.05) is 34.7 Å². The van der Waals surface area contributed by atoms with E-state index in [1.807, 2.05) is 93.6 Å². The molecule has 5 rings (SSSR count). The van der Waals surface area contributed by atoms with Crippen LogP contribution in [0, 0.1) is 13.8 Å². The highest BCUT2D eigenvalue weighted by Crippen LogP contribution is 2.25. The summed E-state index contributed by atoms with van der Waals surface area (Å²) >= 11 is 0. The number of pyridine rings is 1. The van der Waals surface area contributed by atoms with Gasteiger partial charge in [0.15, 0.2) is 0 Å². The van der Waals surface area contributed by atoms with Crippen molar-refractivity contribution >= 4 is 46.0 Å². The van der Waals surface area contributed by atoms with Gasteiger partial charge in [0.2, 0.25) is 0 Å². The standard InChI is InChI=1S/C28H27N7O/c1-4-35-27(15-19(3)34-35)28(36)31-22-10-6-9-21(16-22)30-23-11-13-24-25(32-33-26(24)17-23)14-12-20-8-5-7-18(2)29-20/h5-17,30H,4H2,1-3H3,(H,31,36)(H,32,33)/b14-12+. The van der Waals surface area contributed by atoms with Crippen LogP contribution in [0.4, 0.5) is 17.1 Å². The van der Waals surface area contributed by atoms with Crippen LogP contribution in [0.25, 0.3) is 23.1 Å². The molecule has 3 N–H and O–H groups in total. The fourth-order valence-electron chi connectivity index (χ4n) is 4.07. The molecule has 5 aromatic rings. The highest BCUT2D eigenvalue weighted by molar-refractivity contribution is 6.03. The molecule has 0 fully saturated rings. The second kappa shape index (κ2) is 9.87. The molecule has 8 heteroatoms. The third kappa shape index (κ3) is 5.02. The first kappa shape index (κ1) is 23.0. The lowest BCUT2D eigenvalue weighted by Crippen LogP contribution is -2.17. The zero-order valence-corrected chi connectivity index (χ0v) is 20.4. The van der Waals surface area contributed by atoms with E-state index in [9.17, 15) is 4.79 Å². The fourth-order valence-corrected chi connectivity index (χ4v) is 4.07. The molecular weight excluding hydrogens is 450 g/mol. The predicted molar refractivity (Wildman–Crippen MR) is 144 cm³/mol. The van der Waals surface area contributed by atoms with E-state index in [2.05, 4.69) is 30.9 Å². The lowest BCUT2D eigenvalue weighted by Gasteiger charge is -2.10. The summed E-state index contributed by atoms with van der Waals surface area (Å²) in [6.45, 7) is 6.45. The minimum Gasteiger partial charge on any atom is -0.355 e. The molecule has 36 heavy (non-hydrogen) atoms. The molecule has 3 heterocycles. The second-order valence-electron chi connectivity index (χ2n) is 8.55. The number of fused-ring (bicyclic) bond motifs is 1. The Hall–Kier alpha value is -4.72. The molecule has 8 nitrogen and oxygen atoms in total. The molecule has 0 aliphatic heterocycles. The molecular formula is C28H27N7O. The van der Waals surface area contributed by atoms with Crippen LogP contribution in [0.15, 0.2) is 66.7 Å². The SMILES string of the molecule is CCn1nc(C)cc1C(=O)Nc1cccc(Nc2ccc3c(/C=C/c4cccc(C)n4)n[nH]c3c2)c1. The van der Waals surface area contributed by atoms with Gasteiger partial charge in [-0.2, -0.15) is 10.2 Å². The van der Waals surface area contributed by atoms with Crippen molar-refractivity contribution in [1.82, 2.24) is 25.0 Å². The topological polar surface area (TPSA) is 101 Å². The number of amides is 1. The number of aromatic nitrogens is 5. The number of benzene rings is 2. The number of anilines is 3. The molecule has 0 saturated carbocycles. The summed E-state index contributed by atoms with van der Waals surface area (Å²) < 4.78 is 1.70. The van der Waals surface area contributed by atoms with Gasteiger partial charge in [-0.3, -0.25) is 19.6 Å². The number of nitrogens with one attached hydrogen (secondary N) is 3. The van der Waals surface area contributed by atoms with E-state index in [1.54, 1.807) is 10.7 Å². The molecule has 0 spiro atoms. The Morgan fingerprint density at radius 3 is 2.58 bits per heavy atom. The van der Waals surface area contributed by atoms with Gasteiger partial charge in [0.1, 0.15) is 5.69 Å². The molecule has 3 aromatic heterocycles. The summed E-state index contributed by atoms with van der Waals surface area (Å²) in [5.74, 6) is -0.185. The maximum atomic E-state index is 12.8. The number of carbonyl (C=O) groups excluding carboxylic acids is 1. The molecule has 180 valence electrons. The normalized spacial score (nSPS) is 11.3. The third-order valence-corrected chi connectivity index (χ3v) is 5.76. The highest BCUT2D eigenvalue weighted by Gasteiger charge is 2.13. The van der Waals surface area contributed by atoms with Crippen molar-refractivity contribution < 1.29 is 4.79 Å². The van der Waals surface area contributed by atoms with Gasteiger partial charge in [-0.1, -0.05) is 12.1 Å². The maximum Gasteiger partial charge on any atom is 0.273 e. The van der Waals surface area contributed by atoms with Gasteiger partial charge in [0.25, 0.3) is 5.91 Å². The van der Waals surface area contributed by atoms with Crippen molar-refractivity contribution in [3.63, 3.8) is 0 Å². The maximum absolute atomic E-state index is 12.8. The van der Waals surface area contributed by atoms with E-state index in [0.717, 1.165) is 45.1 Å². The van der Waals surface area contributed by atoms with Gasteiger partial charge >= 0.3 is 0 Å². The third-order valence-electron chi connectivity index (χ3n) is 5.76.